The van der Waals surface area contributed by atoms with E-state index in [0.29, 0.717) is 6.04 Å². The Morgan fingerprint density at radius 2 is 2.57 bits per heavy atom. The van der Waals surface area contributed by atoms with Crippen molar-refractivity contribution in [3.8, 4) is 0 Å². The van der Waals surface area contributed by atoms with Crippen LogP contribution in [-0.2, 0) is 11.3 Å². The van der Waals surface area contributed by atoms with Gasteiger partial charge in [0.1, 0.15) is 0 Å². The van der Waals surface area contributed by atoms with E-state index in [9.17, 15) is 0 Å². The SMILES string of the molecule is CCn1cc(C)nc1NC1CCOC1. The highest BCUT2D eigenvalue weighted by Gasteiger charge is 2.17. The minimum absolute atomic E-state index is 0.432. The van der Waals surface area contributed by atoms with Crippen LogP contribution in [0.1, 0.15) is 19.0 Å². The Hall–Kier alpha value is -1.03. The molecule has 78 valence electrons. The van der Waals surface area contributed by atoms with Gasteiger partial charge in [-0.05, 0) is 20.3 Å². The molecule has 1 saturated heterocycles. The molecule has 0 spiro atoms. The van der Waals surface area contributed by atoms with E-state index in [0.717, 1.165) is 37.8 Å². The number of aromatic nitrogens is 2. The number of aryl methyl sites for hydroxylation is 2. The summed E-state index contributed by atoms with van der Waals surface area (Å²) in [6.45, 7) is 6.76. The van der Waals surface area contributed by atoms with Gasteiger partial charge in [0.2, 0.25) is 5.95 Å². The van der Waals surface area contributed by atoms with Gasteiger partial charge in [0, 0.05) is 19.3 Å². The van der Waals surface area contributed by atoms with Gasteiger partial charge in [-0.1, -0.05) is 0 Å². The van der Waals surface area contributed by atoms with E-state index in [1.165, 1.54) is 0 Å². The monoisotopic (exact) mass is 195 g/mol. The number of nitrogens with one attached hydrogen (secondary N) is 1. The predicted molar refractivity (Wildman–Crippen MR) is 55.5 cm³/mol. The molecule has 0 saturated carbocycles. The van der Waals surface area contributed by atoms with Crippen LogP contribution in [0.2, 0.25) is 0 Å². The summed E-state index contributed by atoms with van der Waals surface area (Å²) in [6.07, 6.45) is 3.15. The Morgan fingerprint density at radius 1 is 1.71 bits per heavy atom. The van der Waals surface area contributed by atoms with Crippen molar-refractivity contribution in [1.29, 1.82) is 0 Å². The molecule has 1 atom stereocenters. The van der Waals surface area contributed by atoms with E-state index < -0.39 is 0 Å². The topological polar surface area (TPSA) is 39.1 Å². The van der Waals surface area contributed by atoms with Gasteiger partial charge in [-0.15, -0.1) is 0 Å². The number of ether oxygens (including phenoxy) is 1. The molecule has 2 heterocycles. The fourth-order valence-electron chi connectivity index (χ4n) is 1.73. The Morgan fingerprint density at radius 3 is 3.21 bits per heavy atom. The van der Waals surface area contributed by atoms with E-state index >= 15 is 0 Å². The predicted octanol–water partition coefficient (Wildman–Crippen LogP) is 1.41. The number of hydrogen-bond donors (Lipinski definition) is 1. The van der Waals surface area contributed by atoms with Gasteiger partial charge in [0.15, 0.2) is 0 Å². The van der Waals surface area contributed by atoms with Crippen molar-refractivity contribution in [2.24, 2.45) is 0 Å². The largest absolute Gasteiger partial charge is 0.379 e. The van der Waals surface area contributed by atoms with Crippen LogP contribution in [0.15, 0.2) is 6.20 Å². The molecule has 0 aromatic carbocycles. The van der Waals surface area contributed by atoms with Crippen molar-refractivity contribution in [3.05, 3.63) is 11.9 Å². The Labute approximate surface area is 84.3 Å². The Bertz CT molecular complexity index is 302. The molecule has 0 amide bonds. The maximum atomic E-state index is 5.31. The summed E-state index contributed by atoms with van der Waals surface area (Å²) >= 11 is 0. The number of hydrogen-bond acceptors (Lipinski definition) is 3. The summed E-state index contributed by atoms with van der Waals surface area (Å²) in [7, 11) is 0. The Balaban J connectivity index is 2.06. The summed E-state index contributed by atoms with van der Waals surface area (Å²) in [5.41, 5.74) is 1.06. The van der Waals surface area contributed by atoms with Gasteiger partial charge in [0.25, 0.3) is 0 Å². The van der Waals surface area contributed by atoms with Crippen LogP contribution in [-0.4, -0.2) is 28.8 Å². The number of anilines is 1. The lowest BCUT2D eigenvalue weighted by Gasteiger charge is -2.12. The number of nitrogens with zero attached hydrogens (tertiary/aromatic N) is 2. The quantitative estimate of drug-likeness (QED) is 0.792. The van der Waals surface area contributed by atoms with Gasteiger partial charge in [0.05, 0.1) is 18.3 Å². The first kappa shape index (κ1) is 9.52. The van der Waals surface area contributed by atoms with Crippen molar-refractivity contribution in [2.45, 2.75) is 32.9 Å². The third kappa shape index (κ3) is 1.90. The highest BCUT2D eigenvalue weighted by atomic mass is 16.5. The molecular weight excluding hydrogens is 178 g/mol. The van der Waals surface area contributed by atoms with Crippen molar-refractivity contribution < 1.29 is 4.74 Å². The first-order valence-electron chi connectivity index (χ1n) is 5.17. The van der Waals surface area contributed by atoms with Gasteiger partial charge < -0.3 is 14.6 Å². The van der Waals surface area contributed by atoms with E-state index in [-0.39, 0.29) is 0 Å². The van der Waals surface area contributed by atoms with Crippen LogP contribution in [0.4, 0.5) is 5.95 Å². The van der Waals surface area contributed by atoms with Crippen LogP contribution in [0.5, 0.6) is 0 Å². The average Bonchev–Trinajstić information content (AvgIpc) is 2.76. The molecule has 1 N–H and O–H groups in total. The molecule has 0 aliphatic carbocycles. The molecular formula is C10H17N3O. The fraction of sp³-hybridized carbons (Fsp3) is 0.700. The normalized spacial score (nSPS) is 21.4. The zero-order valence-electron chi connectivity index (χ0n) is 8.79. The standard InChI is InChI=1S/C10H17N3O/c1-3-13-6-8(2)11-10(13)12-9-4-5-14-7-9/h6,9H,3-5,7H2,1-2H3,(H,11,12). The van der Waals surface area contributed by atoms with Crippen LogP contribution in [0, 0.1) is 6.92 Å². The summed E-state index contributed by atoms with van der Waals surface area (Å²) in [5.74, 6) is 0.973. The molecule has 0 bridgehead atoms. The van der Waals surface area contributed by atoms with Crippen molar-refractivity contribution in [2.75, 3.05) is 18.5 Å². The second kappa shape index (κ2) is 4.00. The smallest absolute Gasteiger partial charge is 0.203 e. The molecule has 4 heteroatoms. The molecule has 1 aliphatic heterocycles. The molecule has 1 fully saturated rings. The first-order valence-corrected chi connectivity index (χ1v) is 5.17. The average molecular weight is 195 g/mol. The first-order chi connectivity index (χ1) is 6.79. The third-order valence-electron chi connectivity index (χ3n) is 2.50. The molecule has 14 heavy (non-hydrogen) atoms. The van der Waals surface area contributed by atoms with Crippen LogP contribution >= 0.6 is 0 Å². The highest BCUT2D eigenvalue weighted by Crippen LogP contribution is 2.13. The van der Waals surface area contributed by atoms with Crippen LogP contribution in [0.25, 0.3) is 0 Å². The summed E-state index contributed by atoms with van der Waals surface area (Å²) in [4.78, 5) is 4.44. The zero-order valence-corrected chi connectivity index (χ0v) is 8.79. The van der Waals surface area contributed by atoms with Crippen molar-refractivity contribution in [3.63, 3.8) is 0 Å². The minimum Gasteiger partial charge on any atom is -0.379 e. The molecule has 0 radical (unpaired) electrons. The second-order valence-electron chi connectivity index (χ2n) is 3.70. The maximum absolute atomic E-state index is 5.31. The molecule has 1 aromatic rings. The zero-order chi connectivity index (χ0) is 9.97. The number of imidazole rings is 1. The van der Waals surface area contributed by atoms with Gasteiger partial charge >= 0.3 is 0 Å². The Kier molecular flexibility index (Phi) is 2.72. The van der Waals surface area contributed by atoms with E-state index in [2.05, 4.69) is 28.0 Å². The minimum atomic E-state index is 0.432. The molecule has 1 aromatic heterocycles. The fourth-order valence-corrected chi connectivity index (χ4v) is 1.73. The molecule has 4 nitrogen and oxygen atoms in total. The number of rotatable bonds is 3. The van der Waals surface area contributed by atoms with E-state index in [1.54, 1.807) is 0 Å². The summed E-state index contributed by atoms with van der Waals surface area (Å²) in [5, 5.41) is 3.41. The van der Waals surface area contributed by atoms with Crippen molar-refractivity contribution in [1.82, 2.24) is 9.55 Å². The summed E-state index contributed by atoms with van der Waals surface area (Å²) in [6, 6.07) is 0.432. The summed E-state index contributed by atoms with van der Waals surface area (Å²) < 4.78 is 7.44. The van der Waals surface area contributed by atoms with Crippen molar-refractivity contribution >= 4 is 5.95 Å². The lowest BCUT2D eigenvalue weighted by Crippen LogP contribution is -2.21. The molecule has 1 unspecified atom stereocenters. The van der Waals surface area contributed by atoms with Gasteiger partial charge in [-0.25, -0.2) is 4.98 Å². The maximum Gasteiger partial charge on any atom is 0.203 e. The van der Waals surface area contributed by atoms with Crippen LogP contribution < -0.4 is 5.32 Å². The molecule has 1 aliphatic rings. The highest BCUT2D eigenvalue weighted by molar-refractivity contribution is 5.30. The lowest BCUT2D eigenvalue weighted by atomic mass is 10.3. The van der Waals surface area contributed by atoms with Crippen LogP contribution in [0.3, 0.4) is 0 Å². The molecule has 2 rings (SSSR count). The van der Waals surface area contributed by atoms with E-state index in [4.69, 9.17) is 4.74 Å². The van der Waals surface area contributed by atoms with Gasteiger partial charge in [-0.2, -0.15) is 0 Å². The third-order valence-corrected chi connectivity index (χ3v) is 2.50. The van der Waals surface area contributed by atoms with Gasteiger partial charge in [-0.3, -0.25) is 0 Å². The lowest BCUT2D eigenvalue weighted by molar-refractivity contribution is 0.195. The van der Waals surface area contributed by atoms with E-state index in [1.807, 2.05) is 6.92 Å². The second-order valence-corrected chi connectivity index (χ2v) is 3.70.